The van der Waals surface area contributed by atoms with Crippen molar-refractivity contribution in [3.8, 4) is 11.1 Å². The number of allylic oxidation sites excluding steroid dienone is 1. The molecular formula is C32H34N10O4S. The largest absolute Gasteiger partial charge is 0.364 e. The molecule has 1 aliphatic carbocycles. The van der Waals surface area contributed by atoms with E-state index in [1.807, 2.05) is 37.5 Å². The molecule has 3 N–H and O–H groups in total. The highest BCUT2D eigenvalue weighted by Gasteiger charge is 2.37. The molecule has 7 rings (SSSR count). The van der Waals surface area contributed by atoms with Crippen molar-refractivity contribution in [2.24, 2.45) is 0 Å². The number of pyridine rings is 1. The fraction of sp³-hybridized carbons (Fsp3) is 0.312. The number of hydrogen-bond donors (Lipinski definition) is 3. The van der Waals surface area contributed by atoms with Crippen LogP contribution in [0.25, 0.3) is 11.1 Å². The second kappa shape index (κ2) is 11.6. The first-order valence-corrected chi connectivity index (χ1v) is 17.1. The smallest absolute Gasteiger partial charge is 0.273 e. The standard InChI is InChI=1S/C32H34N10O4S/c1-18-29-23(14-34-42(29)21-16-41(17-21)15-20-7-5-10-27(35-20)47(4,45)46)22-8-6-9-24(30(22)40(18)3)36-25-13-26(37-31(43)19-11-12-19)38-39-28(25)32(44)33-2/h5-11,13-14,18,21H,12,15-17H2,1-4H3,(H,33,44)(H2,36,37,38,43). The van der Waals surface area contributed by atoms with Gasteiger partial charge in [0, 0.05) is 62.8 Å². The summed E-state index contributed by atoms with van der Waals surface area (Å²) in [5.74, 6) is -0.409. The van der Waals surface area contributed by atoms with Crippen LogP contribution in [0.1, 0.15) is 47.3 Å². The van der Waals surface area contributed by atoms with Crippen molar-refractivity contribution in [3.05, 3.63) is 77.4 Å². The summed E-state index contributed by atoms with van der Waals surface area (Å²) in [5.41, 5.74) is 6.73. The molecule has 15 heteroatoms. The minimum absolute atomic E-state index is 0.0271. The van der Waals surface area contributed by atoms with Gasteiger partial charge in [-0.1, -0.05) is 24.3 Å². The van der Waals surface area contributed by atoms with E-state index in [0.29, 0.717) is 24.2 Å². The van der Waals surface area contributed by atoms with E-state index in [9.17, 15) is 18.0 Å². The summed E-state index contributed by atoms with van der Waals surface area (Å²) in [6, 6.07) is 12.8. The van der Waals surface area contributed by atoms with Gasteiger partial charge >= 0.3 is 0 Å². The number of hydrogen-bond acceptors (Lipinski definition) is 11. The summed E-state index contributed by atoms with van der Waals surface area (Å²) >= 11 is 0. The molecule has 0 spiro atoms. The van der Waals surface area contributed by atoms with Gasteiger partial charge in [0.1, 0.15) is 0 Å². The molecular weight excluding hydrogens is 620 g/mol. The molecule has 242 valence electrons. The highest BCUT2D eigenvalue weighted by atomic mass is 32.2. The van der Waals surface area contributed by atoms with E-state index in [4.69, 9.17) is 5.10 Å². The summed E-state index contributed by atoms with van der Waals surface area (Å²) in [6.07, 6.45) is 5.55. The first kappa shape index (κ1) is 30.5. The molecule has 3 aromatic heterocycles. The van der Waals surface area contributed by atoms with Crippen LogP contribution < -0.4 is 20.9 Å². The fourth-order valence-corrected chi connectivity index (χ4v) is 6.73. The minimum Gasteiger partial charge on any atom is -0.364 e. The molecule has 2 amide bonds. The average molecular weight is 655 g/mol. The predicted octanol–water partition coefficient (Wildman–Crippen LogP) is 3.08. The van der Waals surface area contributed by atoms with Crippen LogP contribution in [0.3, 0.4) is 0 Å². The Kier molecular flexibility index (Phi) is 7.51. The Morgan fingerprint density at radius 2 is 1.79 bits per heavy atom. The Balaban J connectivity index is 1.15. The quantitative estimate of drug-likeness (QED) is 0.243. The van der Waals surface area contributed by atoms with Crippen LogP contribution in [0.15, 0.2) is 65.3 Å². The molecule has 1 fully saturated rings. The van der Waals surface area contributed by atoms with Crippen LogP contribution >= 0.6 is 0 Å². The number of rotatable bonds is 9. The number of carbonyl (C=O) groups is 2. The van der Waals surface area contributed by atoms with Crippen molar-refractivity contribution in [2.75, 3.05) is 49.0 Å². The third kappa shape index (κ3) is 5.72. The van der Waals surface area contributed by atoms with Gasteiger partial charge in [-0.25, -0.2) is 13.4 Å². The minimum atomic E-state index is -3.37. The van der Waals surface area contributed by atoms with Gasteiger partial charge < -0.3 is 20.9 Å². The molecule has 47 heavy (non-hydrogen) atoms. The molecule has 0 radical (unpaired) electrons. The van der Waals surface area contributed by atoms with Crippen molar-refractivity contribution in [1.82, 2.24) is 35.2 Å². The predicted molar refractivity (Wildman–Crippen MR) is 176 cm³/mol. The molecule has 0 saturated carbocycles. The van der Waals surface area contributed by atoms with Crippen LogP contribution in [0.2, 0.25) is 0 Å². The lowest BCUT2D eigenvalue weighted by atomic mass is 9.93. The molecule has 0 bridgehead atoms. The van der Waals surface area contributed by atoms with Gasteiger partial charge in [0.25, 0.3) is 11.8 Å². The van der Waals surface area contributed by atoms with Gasteiger partial charge in [0.2, 0.25) is 0 Å². The second-order valence-corrected chi connectivity index (χ2v) is 14.0. The third-order valence-corrected chi connectivity index (χ3v) is 9.75. The van der Waals surface area contributed by atoms with Gasteiger partial charge in [-0.3, -0.25) is 19.2 Å². The zero-order chi connectivity index (χ0) is 33.0. The van der Waals surface area contributed by atoms with E-state index < -0.39 is 15.7 Å². The normalized spacial score (nSPS) is 17.2. The molecule has 1 saturated heterocycles. The number of anilines is 4. The summed E-state index contributed by atoms with van der Waals surface area (Å²) in [6.45, 7) is 4.22. The van der Waals surface area contributed by atoms with Crippen molar-refractivity contribution >= 4 is 44.5 Å². The number of amides is 2. The van der Waals surface area contributed by atoms with E-state index in [-0.39, 0.29) is 34.5 Å². The maximum atomic E-state index is 12.7. The van der Waals surface area contributed by atoms with Gasteiger partial charge in [-0.2, -0.15) is 5.10 Å². The number of likely N-dealkylation sites (tertiary alicyclic amines) is 1. The highest BCUT2D eigenvalue weighted by Crippen LogP contribution is 2.49. The average Bonchev–Trinajstić information content (AvgIpc) is 3.80. The van der Waals surface area contributed by atoms with Crippen LogP contribution in [-0.2, 0) is 21.2 Å². The Morgan fingerprint density at radius 1 is 1.02 bits per heavy atom. The molecule has 14 nitrogen and oxygen atoms in total. The van der Waals surface area contributed by atoms with Gasteiger partial charge in [0.05, 0.1) is 46.7 Å². The summed E-state index contributed by atoms with van der Waals surface area (Å²) in [7, 11) is 0.183. The van der Waals surface area contributed by atoms with Gasteiger partial charge in [-0.15, -0.1) is 10.2 Å². The zero-order valence-corrected chi connectivity index (χ0v) is 27.2. The monoisotopic (exact) mass is 654 g/mol. The van der Waals surface area contributed by atoms with E-state index in [0.717, 1.165) is 47.0 Å². The highest BCUT2D eigenvalue weighted by molar-refractivity contribution is 7.90. The molecule has 2 aliphatic heterocycles. The van der Waals surface area contributed by atoms with E-state index >= 15 is 0 Å². The maximum Gasteiger partial charge on any atom is 0.273 e. The van der Waals surface area contributed by atoms with Crippen LogP contribution in [-0.4, -0.2) is 83.5 Å². The Hall–Kier alpha value is -5.15. The number of fused-ring (bicyclic) bond motifs is 3. The van der Waals surface area contributed by atoms with Gasteiger partial charge in [0.15, 0.2) is 26.4 Å². The number of nitrogens with zero attached hydrogens (tertiary/aromatic N) is 7. The van der Waals surface area contributed by atoms with E-state index in [1.165, 1.54) is 19.4 Å². The number of carbonyl (C=O) groups excluding carboxylic acids is 2. The Morgan fingerprint density at radius 3 is 2.51 bits per heavy atom. The lowest BCUT2D eigenvalue weighted by Crippen LogP contribution is -2.48. The van der Waals surface area contributed by atoms with E-state index in [2.05, 4.69) is 58.6 Å². The maximum absolute atomic E-state index is 12.7. The van der Waals surface area contributed by atoms with Gasteiger partial charge in [-0.05, 0) is 31.5 Å². The van der Waals surface area contributed by atoms with Crippen molar-refractivity contribution in [1.29, 1.82) is 0 Å². The second-order valence-electron chi connectivity index (χ2n) is 12.0. The van der Waals surface area contributed by atoms with Crippen molar-refractivity contribution in [2.45, 2.75) is 37.0 Å². The van der Waals surface area contributed by atoms with Crippen LogP contribution in [0.5, 0.6) is 0 Å². The Labute approximate surface area is 271 Å². The molecule has 3 aliphatic rings. The zero-order valence-electron chi connectivity index (χ0n) is 26.4. The topological polar surface area (TPSA) is 167 Å². The number of sulfone groups is 1. The third-order valence-electron chi connectivity index (χ3n) is 8.77. The van der Waals surface area contributed by atoms with E-state index in [1.54, 1.807) is 12.1 Å². The number of para-hydroxylation sites is 1. The summed E-state index contributed by atoms with van der Waals surface area (Å²) in [5, 5.41) is 21.9. The SMILES string of the molecule is CNC(=O)c1nnc(NC(=O)C2=CC2)cc1Nc1cccc2c1N(C)C(C)c1c-2cnn1C1CN(Cc2cccc(S(C)(=O)=O)n2)C1. The van der Waals surface area contributed by atoms with Crippen LogP contribution in [0, 0.1) is 0 Å². The molecule has 5 heterocycles. The first-order chi connectivity index (χ1) is 22.5. The first-order valence-electron chi connectivity index (χ1n) is 15.2. The van der Waals surface area contributed by atoms with Crippen molar-refractivity contribution < 1.29 is 18.0 Å². The number of aromatic nitrogens is 5. The summed E-state index contributed by atoms with van der Waals surface area (Å²) < 4.78 is 26.0. The molecule has 1 unspecified atom stereocenters. The fourth-order valence-electron chi connectivity index (χ4n) is 6.13. The summed E-state index contributed by atoms with van der Waals surface area (Å²) in [4.78, 5) is 33.8. The molecule has 4 aromatic rings. The number of benzene rings is 1. The van der Waals surface area contributed by atoms with Crippen LogP contribution in [0.4, 0.5) is 22.9 Å². The van der Waals surface area contributed by atoms with Crippen molar-refractivity contribution in [3.63, 3.8) is 0 Å². The molecule has 1 atom stereocenters. The Bertz CT molecular complexity index is 2070. The lowest BCUT2D eigenvalue weighted by Gasteiger charge is -2.42. The molecule has 1 aromatic carbocycles. The number of nitrogens with one attached hydrogen (secondary N) is 3. The lowest BCUT2D eigenvalue weighted by molar-refractivity contribution is -0.112.